The zero-order valence-electron chi connectivity index (χ0n) is 9.68. The Morgan fingerprint density at radius 3 is 2.37 bits per heavy atom. The van der Waals surface area contributed by atoms with E-state index >= 15 is 0 Å². The minimum Gasteiger partial charge on any atom is -0.282 e. The van der Waals surface area contributed by atoms with Crippen molar-refractivity contribution in [3.63, 3.8) is 0 Å². The molecule has 0 aliphatic rings. The molecule has 0 atom stereocenters. The van der Waals surface area contributed by atoms with Gasteiger partial charge in [0.1, 0.15) is 6.67 Å². The van der Waals surface area contributed by atoms with Gasteiger partial charge in [-0.25, -0.2) is 4.39 Å². The minimum atomic E-state index is -4.42. The van der Waals surface area contributed by atoms with Crippen molar-refractivity contribution in [2.45, 2.75) is 11.6 Å². The molecule has 0 saturated carbocycles. The third kappa shape index (κ3) is 3.12. The van der Waals surface area contributed by atoms with Crippen LogP contribution >= 0.6 is 11.6 Å². The van der Waals surface area contributed by atoms with Gasteiger partial charge in [0, 0.05) is 10.6 Å². The van der Waals surface area contributed by atoms with Crippen molar-refractivity contribution in [3.8, 4) is 11.1 Å². The molecule has 1 N–H and O–H groups in total. The molecule has 2 rings (SSSR count). The van der Waals surface area contributed by atoms with Crippen molar-refractivity contribution in [1.29, 1.82) is 0 Å². The fourth-order valence-corrected chi connectivity index (χ4v) is 2.66. The lowest BCUT2D eigenvalue weighted by Gasteiger charge is -2.08. The van der Waals surface area contributed by atoms with Gasteiger partial charge in [0.15, 0.2) is 0 Å². The van der Waals surface area contributed by atoms with Gasteiger partial charge in [0.25, 0.3) is 10.1 Å². The third-order valence-electron chi connectivity index (χ3n) is 2.64. The van der Waals surface area contributed by atoms with E-state index in [4.69, 9.17) is 16.2 Å². The summed E-state index contributed by atoms with van der Waals surface area (Å²) in [7, 11) is -4.42. The van der Waals surface area contributed by atoms with E-state index < -0.39 is 21.7 Å². The lowest BCUT2D eigenvalue weighted by atomic mass is 10.0. The van der Waals surface area contributed by atoms with Gasteiger partial charge in [-0.2, -0.15) is 8.42 Å². The van der Waals surface area contributed by atoms with Crippen LogP contribution in [0, 0.1) is 0 Å². The summed E-state index contributed by atoms with van der Waals surface area (Å²) in [5, 5.41) is 0.526. The van der Waals surface area contributed by atoms with Crippen molar-refractivity contribution >= 4 is 21.7 Å². The number of rotatable bonds is 3. The molecule has 0 saturated heterocycles. The molecule has 0 unspecified atom stereocenters. The standard InChI is InChI=1S/C13H10ClFO3S/c14-12-3-1-2-9(7-12)10-4-5-13(19(16,17)18)11(6-10)8-15/h1-7H,8H2,(H,16,17,18). The molecule has 19 heavy (non-hydrogen) atoms. The van der Waals surface area contributed by atoms with Gasteiger partial charge < -0.3 is 0 Å². The first-order chi connectivity index (χ1) is 8.91. The summed E-state index contributed by atoms with van der Waals surface area (Å²) in [4.78, 5) is -0.416. The monoisotopic (exact) mass is 300 g/mol. The largest absolute Gasteiger partial charge is 0.294 e. The second-order valence-electron chi connectivity index (χ2n) is 3.94. The highest BCUT2D eigenvalue weighted by atomic mass is 35.5. The molecular formula is C13H10ClFO3S. The van der Waals surface area contributed by atoms with E-state index in [9.17, 15) is 12.8 Å². The second kappa shape index (κ2) is 5.28. The number of hydrogen-bond acceptors (Lipinski definition) is 2. The van der Waals surface area contributed by atoms with E-state index in [1.165, 1.54) is 18.2 Å². The van der Waals surface area contributed by atoms with E-state index in [0.717, 1.165) is 5.56 Å². The summed E-state index contributed by atoms with van der Waals surface area (Å²) in [6.45, 7) is -0.983. The summed E-state index contributed by atoms with van der Waals surface area (Å²) in [5.74, 6) is 0. The highest BCUT2D eigenvalue weighted by Gasteiger charge is 2.16. The highest BCUT2D eigenvalue weighted by Crippen LogP contribution is 2.27. The van der Waals surface area contributed by atoms with Crippen LogP contribution in [0.25, 0.3) is 11.1 Å². The highest BCUT2D eigenvalue weighted by molar-refractivity contribution is 7.85. The van der Waals surface area contributed by atoms with Gasteiger partial charge in [-0.05, 0) is 35.4 Å². The molecule has 0 bridgehead atoms. The first-order valence-electron chi connectivity index (χ1n) is 5.34. The molecule has 0 radical (unpaired) electrons. The topological polar surface area (TPSA) is 54.4 Å². The van der Waals surface area contributed by atoms with Gasteiger partial charge in [0.2, 0.25) is 0 Å². The maximum absolute atomic E-state index is 12.9. The van der Waals surface area contributed by atoms with Crippen LogP contribution in [0.3, 0.4) is 0 Å². The number of benzene rings is 2. The van der Waals surface area contributed by atoms with E-state index in [1.54, 1.807) is 24.3 Å². The van der Waals surface area contributed by atoms with E-state index in [0.29, 0.717) is 10.6 Å². The van der Waals surface area contributed by atoms with Crippen molar-refractivity contribution < 1.29 is 17.4 Å². The average molecular weight is 301 g/mol. The van der Waals surface area contributed by atoms with Gasteiger partial charge in [-0.1, -0.05) is 29.8 Å². The number of halogens is 2. The van der Waals surface area contributed by atoms with Crippen LogP contribution in [0.15, 0.2) is 47.4 Å². The van der Waals surface area contributed by atoms with Crippen LogP contribution in [0.2, 0.25) is 5.02 Å². The summed E-state index contributed by atoms with van der Waals surface area (Å²) in [6, 6.07) is 11.0. The van der Waals surface area contributed by atoms with Crippen LogP contribution < -0.4 is 0 Å². The van der Waals surface area contributed by atoms with Crippen LogP contribution in [0.5, 0.6) is 0 Å². The Balaban J connectivity index is 2.57. The van der Waals surface area contributed by atoms with E-state index in [2.05, 4.69) is 0 Å². The van der Waals surface area contributed by atoms with Crippen LogP contribution in [0.4, 0.5) is 4.39 Å². The van der Waals surface area contributed by atoms with Gasteiger partial charge in [-0.3, -0.25) is 4.55 Å². The van der Waals surface area contributed by atoms with Crippen molar-refractivity contribution in [1.82, 2.24) is 0 Å². The smallest absolute Gasteiger partial charge is 0.282 e. The van der Waals surface area contributed by atoms with Crippen molar-refractivity contribution in [3.05, 3.63) is 53.1 Å². The molecule has 2 aromatic carbocycles. The van der Waals surface area contributed by atoms with Crippen LogP contribution in [-0.4, -0.2) is 13.0 Å². The van der Waals surface area contributed by atoms with E-state index in [1.807, 2.05) is 0 Å². The molecule has 0 aliphatic carbocycles. The zero-order chi connectivity index (χ0) is 14.0. The maximum atomic E-state index is 12.9. The summed E-state index contributed by atoms with van der Waals surface area (Å²) in [6.07, 6.45) is 0. The Hall–Kier alpha value is -1.43. The fourth-order valence-electron chi connectivity index (χ4n) is 1.78. The molecule has 0 spiro atoms. The van der Waals surface area contributed by atoms with Crippen LogP contribution in [-0.2, 0) is 16.8 Å². The van der Waals surface area contributed by atoms with E-state index in [-0.39, 0.29) is 5.56 Å². The molecule has 0 aromatic heterocycles. The minimum absolute atomic E-state index is 0.0834. The molecule has 0 heterocycles. The SMILES string of the molecule is O=S(=O)(O)c1ccc(-c2cccc(Cl)c2)cc1CF. The Labute approximate surface area is 115 Å². The Bertz CT molecular complexity index is 714. The van der Waals surface area contributed by atoms with Gasteiger partial charge in [0.05, 0.1) is 4.90 Å². The molecule has 0 amide bonds. The predicted octanol–water partition coefficient (Wildman–Crippen LogP) is 3.72. The first-order valence-corrected chi connectivity index (χ1v) is 7.16. The average Bonchev–Trinajstić information content (AvgIpc) is 2.37. The molecule has 0 fully saturated rings. The maximum Gasteiger partial charge on any atom is 0.294 e. The molecular weight excluding hydrogens is 291 g/mol. The predicted molar refractivity (Wildman–Crippen MR) is 71.5 cm³/mol. The summed E-state index contributed by atoms with van der Waals surface area (Å²) in [5.41, 5.74) is 1.28. The Morgan fingerprint density at radius 2 is 1.79 bits per heavy atom. The summed E-state index contributed by atoms with van der Waals surface area (Å²) >= 11 is 5.86. The normalized spacial score (nSPS) is 11.5. The fraction of sp³-hybridized carbons (Fsp3) is 0.0769. The molecule has 2 aromatic rings. The zero-order valence-corrected chi connectivity index (χ0v) is 11.2. The van der Waals surface area contributed by atoms with Gasteiger partial charge in [-0.15, -0.1) is 0 Å². The first kappa shape index (κ1) is 14.0. The number of hydrogen-bond donors (Lipinski definition) is 1. The number of alkyl halides is 1. The second-order valence-corrected chi connectivity index (χ2v) is 5.77. The molecule has 6 heteroatoms. The molecule has 0 aliphatic heterocycles. The Kier molecular flexibility index (Phi) is 3.89. The third-order valence-corrected chi connectivity index (χ3v) is 3.83. The lowest BCUT2D eigenvalue weighted by molar-refractivity contribution is 0.462. The molecule has 3 nitrogen and oxygen atoms in total. The van der Waals surface area contributed by atoms with Crippen molar-refractivity contribution in [2.24, 2.45) is 0 Å². The molecule has 100 valence electrons. The van der Waals surface area contributed by atoms with Crippen LogP contribution in [0.1, 0.15) is 5.56 Å². The lowest BCUT2D eigenvalue weighted by Crippen LogP contribution is -2.02. The summed E-state index contributed by atoms with van der Waals surface area (Å²) < 4.78 is 44.0. The Morgan fingerprint density at radius 1 is 1.11 bits per heavy atom. The van der Waals surface area contributed by atoms with Gasteiger partial charge >= 0.3 is 0 Å². The quantitative estimate of drug-likeness (QED) is 0.879. The van der Waals surface area contributed by atoms with Crippen molar-refractivity contribution in [2.75, 3.05) is 0 Å².